The standard InChI is InChI=1S/C15H19N3O2S/c1-15(2,3)20-14(19)18-7-6-11-8-10(4-5-12(11)18)9-21-13(16)17/h4-8H,9H2,1-3H3,(H3,16,17). The Labute approximate surface area is 128 Å². The molecule has 0 bridgehead atoms. The molecule has 6 heteroatoms. The van der Waals surface area contributed by atoms with Crippen LogP contribution in [0.5, 0.6) is 0 Å². The maximum atomic E-state index is 12.1. The van der Waals surface area contributed by atoms with Gasteiger partial charge in [-0.1, -0.05) is 17.8 Å². The van der Waals surface area contributed by atoms with Crippen molar-refractivity contribution in [2.75, 3.05) is 0 Å². The maximum absolute atomic E-state index is 12.1. The second-order valence-corrected chi connectivity index (χ2v) is 6.73. The number of fused-ring (bicyclic) bond motifs is 1. The van der Waals surface area contributed by atoms with Crippen molar-refractivity contribution in [2.45, 2.75) is 32.1 Å². The first kappa shape index (κ1) is 15.4. The first-order valence-electron chi connectivity index (χ1n) is 6.56. The van der Waals surface area contributed by atoms with E-state index in [0.29, 0.717) is 5.75 Å². The van der Waals surface area contributed by atoms with Crippen LogP contribution in [-0.2, 0) is 10.5 Å². The van der Waals surface area contributed by atoms with Crippen molar-refractivity contribution < 1.29 is 9.53 Å². The summed E-state index contributed by atoms with van der Waals surface area (Å²) in [6.45, 7) is 5.52. The molecule has 112 valence electrons. The molecule has 0 spiro atoms. The first-order chi connectivity index (χ1) is 9.76. The second kappa shape index (κ2) is 5.81. The van der Waals surface area contributed by atoms with E-state index in [4.69, 9.17) is 15.9 Å². The average Bonchev–Trinajstić information content (AvgIpc) is 2.77. The quantitative estimate of drug-likeness (QED) is 0.656. The number of carbonyl (C=O) groups is 1. The van der Waals surface area contributed by atoms with Crippen LogP contribution in [0.25, 0.3) is 10.9 Å². The molecule has 0 aliphatic carbocycles. The second-order valence-electron chi connectivity index (χ2n) is 5.71. The highest BCUT2D eigenvalue weighted by Gasteiger charge is 2.18. The summed E-state index contributed by atoms with van der Waals surface area (Å²) in [4.78, 5) is 12.1. The van der Waals surface area contributed by atoms with E-state index >= 15 is 0 Å². The lowest BCUT2D eigenvalue weighted by atomic mass is 10.2. The number of nitrogens with zero attached hydrogens (tertiary/aromatic N) is 1. The molecule has 1 aromatic carbocycles. The fourth-order valence-corrected chi connectivity index (χ4v) is 2.41. The minimum absolute atomic E-state index is 0.0985. The summed E-state index contributed by atoms with van der Waals surface area (Å²) in [5.74, 6) is 0.642. The van der Waals surface area contributed by atoms with Gasteiger partial charge < -0.3 is 10.5 Å². The van der Waals surface area contributed by atoms with Gasteiger partial charge in [0.1, 0.15) is 5.60 Å². The predicted octanol–water partition coefficient (Wildman–Crippen LogP) is 3.55. The van der Waals surface area contributed by atoms with Gasteiger partial charge in [-0.05, 0) is 44.5 Å². The van der Waals surface area contributed by atoms with Gasteiger partial charge in [-0.3, -0.25) is 9.98 Å². The number of rotatable bonds is 2. The van der Waals surface area contributed by atoms with Crippen molar-refractivity contribution >= 4 is 33.9 Å². The molecular weight excluding hydrogens is 286 g/mol. The van der Waals surface area contributed by atoms with E-state index in [9.17, 15) is 4.79 Å². The summed E-state index contributed by atoms with van der Waals surface area (Å²) in [6, 6.07) is 7.68. The van der Waals surface area contributed by atoms with Crippen LogP contribution < -0.4 is 5.73 Å². The third-order valence-electron chi connectivity index (χ3n) is 2.74. The number of hydrogen-bond donors (Lipinski definition) is 2. The zero-order valence-electron chi connectivity index (χ0n) is 12.3. The normalized spacial score (nSPS) is 11.6. The summed E-state index contributed by atoms with van der Waals surface area (Å²) in [7, 11) is 0. The largest absolute Gasteiger partial charge is 0.443 e. The molecule has 5 nitrogen and oxygen atoms in total. The third-order valence-corrected chi connectivity index (χ3v) is 3.53. The van der Waals surface area contributed by atoms with Crippen LogP contribution in [-0.4, -0.2) is 21.4 Å². The van der Waals surface area contributed by atoms with E-state index < -0.39 is 5.60 Å². The van der Waals surface area contributed by atoms with Gasteiger partial charge in [0.2, 0.25) is 0 Å². The zero-order chi connectivity index (χ0) is 15.6. The van der Waals surface area contributed by atoms with Crippen LogP contribution in [0, 0.1) is 5.41 Å². The molecule has 1 aromatic heterocycles. The van der Waals surface area contributed by atoms with E-state index in [1.807, 2.05) is 45.0 Å². The van der Waals surface area contributed by atoms with Gasteiger partial charge >= 0.3 is 6.09 Å². The molecule has 21 heavy (non-hydrogen) atoms. The monoisotopic (exact) mass is 305 g/mol. The summed E-state index contributed by atoms with van der Waals surface area (Å²) in [5, 5.41) is 8.29. The molecule has 0 aliphatic heterocycles. The Hall–Kier alpha value is -1.95. The molecule has 0 saturated heterocycles. The van der Waals surface area contributed by atoms with Crippen molar-refractivity contribution in [3.63, 3.8) is 0 Å². The molecule has 0 unspecified atom stereocenters. The van der Waals surface area contributed by atoms with Crippen LogP contribution in [0.4, 0.5) is 4.79 Å². The van der Waals surface area contributed by atoms with Crippen molar-refractivity contribution in [1.82, 2.24) is 4.57 Å². The fraction of sp³-hybridized carbons (Fsp3) is 0.333. The maximum Gasteiger partial charge on any atom is 0.418 e. The van der Waals surface area contributed by atoms with Crippen molar-refractivity contribution in [3.05, 3.63) is 36.0 Å². The van der Waals surface area contributed by atoms with Crippen molar-refractivity contribution in [3.8, 4) is 0 Å². The number of aromatic nitrogens is 1. The number of benzene rings is 1. The minimum atomic E-state index is -0.522. The van der Waals surface area contributed by atoms with Gasteiger partial charge in [-0.15, -0.1) is 0 Å². The number of ether oxygens (including phenoxy) is 1. The molecule has 0 amide bonds. The van der Waals surface area contributed by atoms with E-state index in [2.05, 4.69) is 0 Å². The molecule has 2 aromatic rings. The Morgan fingerprint density at radius 2 is 2.10 bits per heavy atom. The van der Waals surface area contributed by atoms with Crippen LogP contribution in [0.1, 0.15) is 26.3 Å². The fourth-order valence-electron chi connectivity index (χ4n) is 1.91. The molecule has 3 N–H and O–H groups in total. The molecule has 0 saturated carbocycles. The average molecular weight is 305 g/mol. The van der Waals surface area contributed by atoms with Gasteiger partial charge in [-0.2, -0.15) is 0 Å². The van der Waals surface area contributed by atoms with Gasteiger partial charge in [0.05, 0.1) is 5.52 Å². The number of nitrogens with one attached hydrogen (secondary N) is 1. The number of carbonyl (C=O) groups excluding carboxylic acids is 1. The molecule has 0 aliphatic rings. The van der Waals surface area contributed by atoms with Crippen LogP contribution >= 0.6 is 11.8 Å². The highest BCUT2D eigenvalue weighted by Crippen LogP contribution is 2.21. The lowest BCUT2D eigenvalue weighted by molar-refractivity contribution is 0.0544. The van der Waals surface area contributed by atoms with Gasteiger partial charge in [-0.25, -0.2) is 4.79 Å². The Balaban J connectivity index is 2.25. The Kier molecular flexibility index (Phi) is 4.27. The summed E-state index contributed by atoms with van der Waals surface area (Å²) < 4.78 is 6.88. The Morgan fingerprint density at radius 3 is 2.71 bits per heavy atom. The van der Waals surface area contributed by atoms with Gasteiger partial charge in [0.25, 0.3) is 0 Å². The number of nitrogens with two attached hydrogens (primary N) is 1. The lowest BCUT2D eigenvalue weighted by Gasteiger charge is -2.19. The van der Waals surface area contributed by atoms with Crippen LogP contribution in [0.2, 0.25) is 0 Å². The lowest BCUT2D eigenvalue weighted by Crippen LogP contribution is -2.26. The Morgan fingerprint density at radius 1 is 1.38 bits per heavy atom. The van der Waals surface area contributed by atoms with E-state index in [-0.39, 0.29) is 11.3 Å². The van der Waals surface area contributed by atoms with Crippen molar-refractivity contribution in [1.29, 1.82) is 5.41 Å². The summed E-state index contributed by atoms with van der Waals surface area (Å²) in [5.41, 5.74) is 6.68. The predicted molar refractivity (Wildman–Crippen MR) is 86.8 cm³/mol. The number of thioether (sulfide) groups is 1. The molecule has 0 radical (unpaired) electrons. The highest BCUT2D eigenvalue weighted by molar-refractivity contribution is 8.13. The number of amidine groups is 1. The van der Waals surface area contributed by atoms with E-state index in [0.717, 1.165) is 16.5 Å². The zero-order valence-corrected chi connectivity index (χ0v) is 13.2. The molecule has 2 rings (SSSR count). The van der Waals surface area contributed by atoms with Gasteiger partial charge in [0.15, 0.2) is 5.17 Å². The van der Waals surface area contributed by atoms with Crippen LogP contribution in [0.3, 0.4) is 0 Å². The number of hydrogen-bond acceptors (Lipinski definition) is 4. The molecule has 0 atom stereocenters. The van der Waals surface area contributed by atoms with E-state index in [1.54, 1.807) is 6.20 Å². The first-order valence-corrected chi connectivity index (χ1v) is 7.55. The topological polar surface area (TPSA) is 81.1 Å². The SMILES string of the molecule is CC(C)(C)OC(=O)n1ccc2cc(CSC(=N)N)ccc21. The Bertz CT molecular complexity index is 686. The van der Waals surface area contributed by atoms with Crippen molar-refractivity contribution in [2.24, 2.45) is 5.73 Å². The summed E-state index contributed by atoms with van der Waals surface area (Å²) in [6.07, 6.45) is 1.32. The van der Waals surface area contributed by atoms with Crippen LogP contribution in [0.15, 0.2) is 30.5 Å². The molecular formula is C15H19N3O2S. The third kappa shape index (κ3) is 4.01. The molecule has 1 heterocycles. The summed E-state index contributed by atoms with van der Waals surface area (Å²) >= 11 is 1.28. The molecule has 0 fully saturated rings. The van der Waals surface area contributed by atoms with Gasteiger partial charge in [0, 0.05) is 17.3 Å². The van der Waals surface area contributed by atoms with E-state index in [1.165, 1.54) is 16.3 Å². The smallest absolute Gasteiger partial charge is 0.418 e. The highest BCUT2D eigenvalue weighted by atomic mass is 32.2. The minimum Gasteiger partial charge on any atom is -0.443 e.